The summed E-state index contributed by atoms with van der Waals surface area (Å²) in [5.41, 5.74) is 0.304. The van der Waals surface area contributed by atoms with Crippen LogP contribution in [0.4, 0.5) is 0 Å². The van der Waals surface area contributed by atoms with Crippen molar-refractivity contribution in [1.29, 1.82) is 0 Å². The highest BCUT2D eigenvalue weighted by Crippen LogP contribution is 2.61. The average Bonchev–Trinajstić information content (AvgIpc) is 2.87. The van der Waals surface area contributed by atoms with Gasteiger partial charge in [0, 0.05) is 5.57 Å². The van der Waals surface area contributed by atoms with E-state index in [1.54, 1.807) is 6.92 Å². The number of carbonyl (C=O) groups excluding carboxylic acids is 1. The van der Waals surface area contributed by atoms with E-state index in [0.717, 1.165) is 36.5 Å². The van der Waals surface area contributed by atoms with E-state index in [0.29, 0.717) is 5.57 Å². The number of ether oxygens (including phenoxy) is 1. The molecule has 3 fully saturated rings. The molecule has 0 aromatic heterocycles. The maximum absolute atomic E-state index is 11.7. The first kappa shape index (κ1) is 11.3. The molecular weight excluding hydrogens is 212 g/mol. The summed E-state index contributed by atoms with van der Waals surface area (Å²) in [6.45, 7) is 7.51. The summed E-state index contributed by atoms with van der Waals surface area (Å²) in [6, 6.07) is 0. The van der Waals surface area contributed by atoms with E-state index < -0.39 is 0 Å². The maximum atomic E-state index is 11.7. The molecule has 0 aromatic rings. The van der Waals surface area contributed by atoms with E-state index in [1.807, 2.05) is 0 Å². The van der Waals surface area contributed by atoms with Crippen LogP contribution in [0.5, 0.6) is 0 Å². The molecule has 3 aliphatic rings. The molecule has 94 valence electrons. The van der Waals surface area contributed by atoms with Gasteiger partial charge >= 0.3 is 5.97 Å². The summed E-state index contributed by atoms with van der Waals surface area (Å²) >= 11 is 0. The zero-order chi connectivity index (χ0) is 12.2. The third kappa shape index (κ3) is 1.73. The van der Waals surface area contributed by atoms with Crippen LogP contribution in [0.15, 0.2) is 12.2 Å². The Morgan fingerprint density at radius 2 is 1.76 bits per heavy atom. The highest BCUT2D eigenvalue weighted by Gasteiger charge is 2.56. The first-order valence-corrected chi connectivity index (χ1v) is 6.87. The van der Waals surface area contributed by atoms with Crippen LogP contribution in [-0.2, 0) is 9.53 Å². The Morgan fingerprint density at radius 3 is 2.24 bits per heavy atom. The molecule has 4 unspecified atom stereocenters. The monoisotopic (exact) mass is 234 g/mol. The molecule has 0 saturated heterocycles. The van der Waals surface area contributed by atoms with E-state index in [4.69, 9.17) is 4.74 Å². The van der Waals surface area contributed by atoms with E-state index >= 15 is 0 Å². The molecule has 0 radical (unpaired) electrons. The van der Waals surface area contributed by atoms with Crippen LogP contribution < -0.4 is 0 Å². The Kier molecular flexibility index (Phi) is 2.39. The largest absolute Gasteiger partial charge is 0.456 e. The molecule has 0 amide bonds. The molecule has 3 saturated carbocycles. The number of hydrogen-bond donors (Lipinski definition) is 0. The van der Waals surface area contributed by atoms with Crippen molar-refractivity contribution in [3.8, 4) is 0 Å². The third-order valence-corrected chi connectivity index (χ3v) is 5.30. The van der Waals surface area contributed by atoms with Gasteiger partial charge in [0.15, 0.2) is 0 Å². The number of fused-ring (bicyclic) bond motifs is 5. The van der Waals surface area contributed by atoms with Gasteiger partial charge in [0.05, 0.1) is 0 Å². The number of carbonyl (C=O) groups is 1. The molecule has 0 aromatic carbocycles. The molecule has 3 aliphatic carbocycles. The fourth-order valence-electron chi connectivity index (χ4n) is 4.64. The predicted molar refractivity (Wildman–Crippen MR) is 66.4 cm³/mol. The lowest BCUT2D eigenvalue weighted by Crippen LogP contribution is -2.30. The van der Waals surface area contributed by atoms with Gasteiger partial charge < -0.3 is 4.74 Å². The van der Waals surface area contributed by atoms with Crippen molar-refractivity contribution in [2.75, 3.05) is 0 Å². The normalized spacial score (nSPS) is 46.9. The molecule has 0 aliphatic heterocycles. The van der Waals surface area contributed by atoms with Gasteiger partial charge in [-0.05, 0) is 69.6 Å². The molecule has 3 rings (SSSR count). The highest BCUT2D eigenvalue weighted by atomic mass is 16.6. The van der Waals surface area contributed by atoms with Gasteiger partial charge in [0.1, 0.15) is 5.60 Å². The molecule has 2 heteroatoms. The van der Waals surface area contributed by atoms with Crippen molar-refractivity contribution in [2.24, 2.45) is 23.7 Å². The smallest absolute Gasteiger partial charge is 0.333 e. The fourth-order valence-corrected chi connectivity index (χ4v) is 4.64. The Labute approximate surface area is 103 Å². The Hall–Kier alpha value is -0.790. The standard InChI is InChI=1S/C15H22O2/c1-9(2)14(16)17-15(3)7-12-10-4-5-11(6-10)13(12)8-15/h10-13H,1,4-8H2,2-3H3. The summed E-state index contributed by atoms with van der Waals surface area (Å²) in [7, 11) is 0. The van der Waals surface area contributed by atoms with Gasteiger partial charge in [-0.3, -0.25) is 0 Å². The first-order chi connectivity index (χ1) is 7.98. The van der Waals surface area contributed by atoms with E-state index in [-0.39, 0.29) is 11.6 Å². The van der Waals surface area contributed by atoms with Gasteiger partial charge in [-0.2, -0.15) is 0 Å². The van der Waals surface area contributed by atoms with Crippen LogP contribution >= 0.6 is 0 Å². The van der Waals surface area contributed by atoms with Crippen LogP contribution in [0.1, 0.15) is 46.0 Å². The topological polar surface area (TPSA) is 26.3 Å². The van der Waals surface area contributed by atoms with Gasteiger partial charge in [0.2, 0.25) is 0 Å². The van der Waals surface area contributed by atoms with Crippen LogP contribution in [-0.4, -0.2) is 11.6 Å². The highest BCUT2D eigenvalue weighted by molar-refractivity contribution is 5.87. The summed E-state index contributed by atoms with van der Waals surface area (Å²) in [5.74, 6) is 3.30. The van der Waals surface area contributed by atoms with Crippen LogP contribution in [0.2, 0.25) is 0 Å². The lowest BCUT2D eigenvalue weighted by atomic mass is 9.82. The number of rotatable bonds is 2. The Balaban J connectivity index is 1.71. The van der Waals surface area contributed by atoms with Crippen molar-refractivity contribution in [3.05, 3.63) is 12.2 Å². The van der Waals surface area contributed by atoms with Crippen LogP contribution in [0.25, 0.3) is 0 Å². The number of hydrogen-bond acceptors (Lipinski definition) is 2. The van der Waals surface area contributed by atoms with Crippen molar-refractivity contribution >= 4 is 5.97 Å². The zero-order valence-electron chi connectivity index (χ0n) is 10.9. The van der Waals surface area contributed by atoms with Crippen molar-refractivity contribution < 1.29 is 9.53 Å². The minimum absolute atomic E-state index is 0.208. The van der Waals surface area contributed by atoms with Crippen LogP contribution in [0, 0.1) is 23.7 Å². The Morgan fingerprint density at radius 1 is 1.24 bits per heavy atom. The van der Waals surface area contributed by atoms with E-state index in [9.17, 15) is 4.79 Å². The second kappa shape index (κ2) is 3.60. The summed E-state index contributed by atoms with van der Waals surface area (Å²) in [4.78, 5) is 11.7. The number of esters is 1. The van der Waals surface area contributed by atoms with E-state index in [1.165, 1.54) is 19.3 Å². The van der Waals surface area contributed by atoms with Crippen molar-refractivity contribution in [2.45, 2.75) is 51.6 Å². The van der Waals surface area contributed by atoms with Crippen molar-refractivity contribution in [1.82, 2.24) is 0 Å². The second-order valence-corrected chi connectivity index (χ2v) is 6.69. The molecule has 4 atom stereocenters. The molecule has 17 heavy (non-hydrogen) atoms. The predicted octanol–water partition coefficient (Wildman–Crippen LogP) is 3.32. The molecular formula is C15H22O2. The summed E-state index contributed by atoms with van der Waals surface area (Å²) in [5, 5.41) is 0. The quantitative estimate of drug-likeness (QED) is 0.541. The summed E-state index contributed by atoms with van der Waals surface area (Å²) in [6.07, 6.45) is 6.43. The zero-order valence-corrected chi connectivity index (χ0v) is 10.9. The molecule has 0 heterocycles. The Bertz CT molecular complexity index is 353. The lowest BCUT2D eigenvalue weighted by molar-refractivity contribution is -0.153. The average molecular weight is 234 g/mol. The minimum Gasteiger partial charge on any atom is -0.456 e. The van der Waals surface area contributed by atoms with Gasteiger partial charge in [-0.15, -0.1) is 0 Å². The SMILES string of the molecule is C=C(C)C(=O)OC1(C)CC2C3CCC(C3)C2C1. The molecule has 2 nitrogen and oxygen atoms in total. The third-order valence-electron chi connectivity index (χ3n) is 5.30. The first-order valence-electron chi connectivity index (χ1n) is 6.87. The molecule has 0 spiro atoms. The minimum atomic E-state index is -0.216. The van der Waals surface area contributed by atoms with Gasteiger partial charge in [-0.1, -0.05) is 6.58 Å². The van der Waals surface area contributed by atoms with Gasteiger partial charge in [-0.25, -0.2) is 4.79 Å². The lowest BCUT2D eigenvalue weighted by Gasteiger charge is -2.26. The molecule has 2 bridgehead atoms. The maximum Gasteiger partial charge on any atom is 0.333 e. The van der Waals surface area contributed by atoms with Gasteiger partial charge in [0.25, 0.3) is 0 Å². The molecule has 0 N–H and O–H groups in total. The summed E-state index contributed by atoms with van der Waals surface area (Å²) < 4.78 is 5.68. The second-order valence-electron chi connectivity index (χ2n) is 6.69. The van der Waals surface area contributed by atoms with E-state index in [2.05, 4.69) is 13.5 Å². The fraction of sp³-hybridized carbons (Fsp3) is 0.800. The van der Waals surface area contributed by atoms with Crippen LogP contribution in [0.3, 0.4) is 0 Å². The van der Waals surface area contributed by atoms with Crippen molar-refractivity contribution in [3.63, 3.8) is 0 Å².